The molecule has 0 amide bonds. The highest BCUT2D eigenvalue weighted by molar-refractivity contribution is 5.13. The molecule has 2 heterocycles. The third-order valence-electron chi connectivity index (χ3n) is 2.16. The van der Waals surface area contributed by atoms with Gasteiger partial charge in [-0.2, -0.15) is 0 Å². The van der Waals surface area contributed by atoms with Gasteiger partial charge in [-0.05, 0) is 20.2 Å². The van der Waals surface area contributed by atoms with Gasteiger partial charge in [0, 0.05) is 18.6 Å². The molecule has 5 heteroatoms. The quantitative estimate of drug-likeness (QED) is 0.803. The highest BCUT2D eigenvalue weighted by Gasteiger charge is 2.19. The van der Waals surface area contributed by atoms with E-state index in [9.17, 15) is 0 Å². The molecule has 1 atom stereocenters. The van der Waals surface area contributed by atoms with Gasteiger partial charge in [0.05, 0.1) is 12.0 Å². The van der Waals surface area contributed by atoms with Crippen LogP contribution >= 0.6 is 0 Å². The van der Waals surface area contributed by atoms with E-state index in [-0.39, 0.29) is 6.04 Å². The number of imidazole rings is 1. The number of aromatic amines is 1. The van der Waals surface area contributed by atoms with Gasteiger partial charge in [0.2, 0.25) is 0 Å². The third kappa shape index (κ3) is 2.02. The third-order valence-corrected chi connectivity index (χ3v) is 2.16. The van der Waals surface area contributed by atoms with Crippen LogP contribution in [0.2, 0.25) is 0 Å². The van der Waals surface area contributed by atoms with Crippen molar-refractivity contribution >= 4 is 0 Å². The van der Waals surface area contributed by atoms with E-state index in [1.807, 2.05) is 25.1 Å². The van der Waals surface area contributed by atoms with Gasteiger partial charge < -0.3 is 4.98 Å². The van der Waals surface area contributed by atoms with Crippen LogP contribution in [0.15, 0.2) is 31.0 Å². The standard InChI is InChI=1S/C10H13N5/c1-15(2)9(8-6-11-7-14-8)10-12-4-3-5-13-10/h3-7,9H,1-2H3,(H,11,14). The first kappa shape index (κ1) is 9.79. The summed E-state index contributed by atoms with van der Waals surface area (Å²) >= 11 is 0. The molecule has 0 aliphatic heterocycles. The highest BCUT2D eigenvalue weighted by Crippen LogP contribution is 2.20. The van der Waals surface area contributed by atoms with Crippen LogP contribution in [-0.2, 0) is 0 Å². The summed E-state index contributed by atoms with van der Waals surface area (Å²) in [6.45, 7) is 0. The molecule has 0 saturated carbocycles. The van der Waals surface area contributed by atoms with E-state index in [2.05, 4.69) is 19.9 Å². The minimum atomic E-state index is 0.0219. The zero-order valence-electron chi connectivity index (χ0n) is 8.75. The van der Waals surface area contributed by atoms with Crippen molar-refractivity contribution in [3.63, 3.8) is 0 Å². The molecule has 1 N–H and O–H groups in total. The summed E-state index contributed by atoms with van der Waals surface area (Å²) in [6, 6.07) is 1.83. The van der Waals surface area contributed by atoms with E-state index < -0.39 is 0 Å². The molecule has 15 heavy (non-hydrogen) atoms. The molecule has 0 aliphatic rings. The fourth-order valence-electron chi connectivity index (χ4n) is 1.52. The van der Waals surface area contributed by atoms with Crippen molar-refractivity contribution in [2.75, 3.05) is 14.1 Å². The smallest absolute Gasteiger partial charge is 0.151 e. The van der Waals surface area contributed by atoms with Gasteiger partial charge in [0.1, 0.15) is 6.04 Å². The molecular weight excluding hydrogens is 190 g/mol. The molecule has 0 bridgehead atoms. The van der Waals surface area contributed by atoms with Crippen LogP contribution in [-0.4, -0.2) is 38.9 Å². The molecule has 78 valence electrons. The molecule has 0 saturated heterocycles. The van der Waals surface area contributed by atoms with Crippen LogP contribution in [0, 0.1) is 0 Å². The summed E-state index contributed by atoms with van der Waals surface area (Å²) in [6.07, 6.45) is 6.94. The summed E-state index contributed by atoms with van der Waals surface area (Å²) in [4.78, 5) is 17.7. The van der Waals surface area contributed by atoms with Crippen molar-refractivity contribution in [2.45, 2.75) is 6.04 Å². The van der Waals surface area contributed by atoms with Crippen molar-refractivity contribution in [3.8, 4) is 0 Å². The SMILES string of the molecule is CN(C)C(c1ncccn1)c1cnc[nH]1. The second-order valence-electron chi connectivity index (χ2n) is 3.48. The summed E-state index contributed by atoms with van der Waals surface area (Å²) < 4.78 is 0. The maximum absolute atomic E-state index is 4.26. The van der Waals surface area contributed by atoms with Crippen LogP contribution in [0.4, 0.5) is 0 Å². The Hall–Kier alpha value is -1.75. The van der Waals surface area contributed by atoms with Crippen LogP contribution in [0.1, 0.15) is 17.6 Å². The van der Waals surface area contributed by atoms with Crippen LogP contribution in [0.3, 0.4) is 0 Å². The van der Waals surface area contributed by atoms with E-state index in [0.717, 1.165) is 11.5 Å². The number of nitrogens with zero attached hydrogens (tertiary/aromatic N) is 4. The lowest BCUT2D eigenvalue weighted by molar-refractivity contribution is 0.324. The number of hydrogen-bond donors (Lipinski definition) is 1. The van der Waals surface area contributed by atoms with E-state index in [1.54, 1.807) is 24.9 Å². The predicted molar refractivity (Wildman–Crippen MR) is 56.1 cm³/mol. The minimum Gasteiger partial charge on any atom is -0.347 e. The summed E-state index contributed by atoms with van der Waals surface area (Å²) in [5.41, 5.74) is 0.992. The van der Waals surface area contributed by atoms with Gasteiger partial charge in [-0.3, -0.25) is 4.90 Å². The topological polar surface area (TPSA) is 57.7 Å². The predicted octanol–water partition coefficient (Wildman–Crippen LogP) is 0.851. The van der Waals surface area contributed by atoms with Gasteiger partial charge in [-0.1, -0.05) is 0 Å². The lowest BCUT2D eigenvalue weighted by Crippen LogP contribution is -2.23. The van der Waals surface area contributed by atoms with Gasteiger partial charge in [-0.25, -0.2) is 15.0 Å². The Kier molecular flexibility index (Phi) is 2.73. The van der Waals surface area contributed by atoms with E-state index >= 15 is 0 Å². The molecule has 0 aliphatic carbocycles. The fourth-order valence-corrected chi connectivity index (χ4v) is 1.52. The van der Waals surface area contributed by atoms with Crippen molar-refractivity contribution in [3.05, 3.63) is 42.5 Å². The molecule has 2 aromatic rings. The Bertz CT molecular complexity index is 395. The number of H-pyrrole nitrogens is 1. The summed E-state index contributed by atoms with van der Waals surface area (Å²) in [5.74, 6) is 0.770. The average molecular weight is 203 g/mol. The molecular formula is C10H13N5. The molecule has 1 unspecified atom stereocenters. The first-order valence-corrected chi connectivity index (χ1v) is 4.70. The monoisotopic (exact) mass is 203 g/mol. The van der Waals surface area contributed by atoms with Crippen molar-refractivity contribution in [1.29, 1.82) is 0 Å². The maximum atomic E-state index is 4.26. The second kappa shape index (κ2) is 4.18. The molecule has 0 radical (unpaired) electrons. The number of rotatable bonds is 3. The highest BCUT2D eigenvalue weighted by atomic mass is 15.1. The summed E-state index contributed by atoms with van der Waals surface area (Å²) in [7, 11) is 3.98. The number of hydrogen-bond acceptors (Lipinski definition) is 4. The zero-order valence-corrected chi connectivity index (χ0v) is 8.75. The van der Waals surface area contributed by atoms with E-state index in [1.165, 1.54) is 0 Å². The molecule has 0 spiro atoms. The summed E-state index contributed by atoms with van der Waals surface area (Å²) in [5, 5.41) is 0. The first-order valence-electron chi connectivity index (χ1n) is 4.70. The zero-order chi connectivity index (χ0) is 10.7. The maximum Gasteiger partial charge on any atom is 0.151 e. The lowest BCUT2D eigenvalue weighted by Gasteiger charge is -2.21. The van der Waals surface area contributed by atoms with E-state index in [0.29, 0.717) is 0 Å². The number of aromatic nitrogens is 4. The van der Waals surface area contributed by atoms with Gasteiger partial charge in [-0.15, -0.1) is 0 Å². The van der Waals surface area contributed by atoms with Gasteiger partial charge in [0.15, 0.2) is 5.82 Å². The second-order valence-corrected chi connectivity index (χ2v) is 3.48. The van der Waals surface area contributed by atoms with Gasteiger partial charge >= 0.3 is 0 Å². The van der Waals surface area contributed by atoms with Crippen molar-refractivity contribution in [2.24, 2.45) is 0 Å². The Morgan fingerprint density at radius 2 is 2.00 bits per heavy atom. The Morgan fingerprint density at radius 3 is 2.53 bits per heavy atom. The van der Waals surface area contributed by atoms with Crippen molar-refractivity contribution in [1.82, 2.24) is 24.8 Å². The van der Waals surface area contributed by atoms with Crippen LogP contribution in [0.5, 0.6) is 0 Å². The van der Waals surface area contributed by atoms with Crippen LogP contribution < -0.4 is 0 Å². The molecule has 2 aromatic heterocycles. The van der Waals surface area contributed by atoms with Gasteiger partial charge in [0.25, 0.3) is 0 Å². The minimum absolute atomic E-state index is 0.0219. The fraction of sp³-hybridized carbons (Fsp3) is 0.300. The largest absolute Gasteiger partial charge is 0.347 e. The normalized spacial score (nSPS) is 13.0. The first-order chi connectivity index (χ1) is 7.29. The lowest BCUT2D eigenvalue weighted by atomic mass is 10.2. The Morgan fingerprint density at radius 1 is 1.27 bits per heavy atom. The Balaban J connectivity index is 2.37. The molecule has 0 fully saturated rings. The number of nitrogens with one attached hydrogen (secondary N) is 1. The van der Waals surface area contributed by atoms with Crippen molar-refractivity contribution < 1.29 is 0 Å². The molecule has 5 nitrogen and oxygen atoms in total. The molecule has 2 rings (SSSR count). The Labute approximate surface area is 88.2 Å². The van der Waals surface area contributed by atoms with E-state index in [4.69, 9.17) is 0 Å². The van der Waals surface area contributed by atoms with Crippen LogP contribution in [0.25, 0.3) is 0 Å². The average Bonchev–Trinajstić information content (AvgIpc) is 2.72. The molecule has 0 aromatic carbocycles.